The fourth-order valence-electron chi connectivity index (χ4n) is 1.79. The first-order valence-electron chi connectivity index (χ1n) is 6.10. The lowest BCUT2D eigenvalue weighted by Gasteiger charge is -2.26. The quantitative estimate of drug-likeness (QED) is 0.862. The Morgan fingerprint density at radius 2 is 2.06 bits per heavy atom. The van der Waals surface area contributed by atoms with Gasteiger partial charge in [-0.15, -0.1) is 0 Å². The van der Waals surface area contributed by atoms with Crippen molar-refractivity contribution in [3.8, 4) is 0 Å². The van der Waals surface area contributed by atoms with Crippen LogP contribution in [0.15, 0.2) is 24.3 Å². The van der Waals surface area contributed by atoms with Crippen LogP contribution in [0.5, 0.6) is 0 Å². The van der Waals surface area contributed by atoms with Crippen LogP contribution in [-0.2, 0) is 10.2 Å². The van der Waals surface area contributed by atoms with Gasteiger partial charge in [-0.3, -0.25) is 4.79 Å². The standard InChI is InChI=1S/C14H21ClN2O/c1-10(16)8-13(18)17-9-14(2,3)11-6-4-5-7-12(11)15/h4-7,10H,8-9,16H2,1-3H3,(H,17,18). The molecule has 18 heavy (non-hydrogen) atoms. The van der Waals surface area contributed by atoms with Crippen LogP contribution < -0.4 is 11.1 Å². The highest BCUT2D eigenvalue weighted by atomic mass is 35.5. The molecule has 100 valence electrons. The van der Waals surface area contributed by atoms with Gasteiger partial charge >= 0.3 is 0 Å². The molecule has 0 aliphatic heterocycles. The molecule has 1 rings (SSSR count). The highest BCUT2D eigenvalue weighted by Crippen LogP contribution is 2.28. The van der Waals surface area contributed by atoms with Crippen LogP contribution in [0.25, 0.3) is 0 Å². The summed E-state index contributed by atoms with van der Waals surface area (Å²) in [4.78, 5) is 11.6. The Balaban J connectivity index is 2.65. The largest absolute Gasteiger partial charge is 0.355 e. The van der Waals surface area contributed by atoms with Crippen LogP contribution in [0.1, 0.15) is 32.8 Å². The maximum absolute atomic E-state index is 11.6. The Morgan fingerprint density at radius 3 is 2.61 bits per heavy atom. The summed E-state index contributed by atoms with van der Waals surface area (Å²) in [5, 5.41) is 3.63. The number of hydrogen-bond acceptors (Lipinski definition) is 2. The van der Waals surface area contributed by atoms with Crippen LogP contribution >= 0.6 is 11.6 Å². The molecule has 0 saturated carbocycles. The number of rotatable bonds is 5. The maximum Gasteiger partial charge on any atom is 0.221 e. The van der Waals surface area contributed by atoms with Gasteiger partial charge in [0.25, 0.3) is 0 Å². The molecule has 0 aliphatic carbocycles. The predicted octanol–water partition coefficient (Wildman–Crippen LogP) is 2.47. The van der Waals surface area contributed by atoms with Crippen molar-refractivity contribution in [1.29, 1.82) is 0 Å². The molecular formula is C14H21ClN2O. The number of amides is 1. The second-order valence-corrected chi connectivity index (χ2v) is 5.73. The molecule has 1 aromatic rings. The minimum atomic E-state index is -0.203. The molecule has 0 aliphatic rings. The number of carbonyl (C=O) groups excluding carboxylic acids is 1. The maximum atomic E-state index is 11.6. The van der Waals surface area contributed by atoms with Crippen molar-refractivity contribution in [3.63, 3.8) is 0 Å². The van der Waals surface area contributed by atoms with Crippen LogP contribution in [0.2, 0.25) is 5.02 Å². The van der Waals surface area contributed by atoms with E-state index in [9.17, 15) is 4.79 Å². The number of nitrogens with one attached hydrogen (secondary N) is 1. The molecule has 4 heteroatoms. The van der Waals surface area contributed by atoms with E-state index in [-0.39, 0.29) is 17.4 Å². The van der Waals surface area contributed by atoms with E-state index in [2.05, 4.69) is 19.2 Å². The van der Waals surface area contributed by atoms with Crippen LogP contribution in [0.3, 0.4) is 0 Å². The average Bonchev–Trinajstić information content (AvgIpc) is 2.26. The molecule has 0 bridgehead atoms. The SMILES string of the molecule is CC(N)CC(=O)NCC(C)(C)c1ccccc1Cl. The van der Waals surface area contributed by atoms with Crippen molar-refractivity contribution < 1.29 is 4.79 Å². The van der Waals surface area contributed by atoms with Gasteiger partial charge in [0.2, 0.25) is 5.91 Å². The van der Waals surface area contributed by atoms with E-state index in [1.165, 1.54) is 0 Å². The molecule has 3 N–H and O–H groups in total. The van der Waals surface area contributed by atoms with Gasteiger partial charge in [-0.25, -0.2) is 0 Å². The molecule has 0 fully saturated rings. The number of benzene rings is 1. The van der Waals surface area contributed by atoms with E-state index in [4.69, 9.17) is 17.3 Å². The third-order valence-electron chi connectivity index (χ3n) is 2.84. The van der Waals surface area contributed by atoms with E-state index in [0.717, 1.165) is 10.6 Å². The van der Waals surface area contributed by atoms with Crippen LogP contribution in [-0.4, -0.2) is 18.5 Å². The first-order valence-corrected chi connectivity index (χ1v) is 6.48. The van der Waals surface area contributed by atoms with E-state index >= 15 is 0 Å². The Labute approximate surface area is 114 Å². The molecule has 1 atom stereocenters. The van der Waals surface area contributed by atoms with Gasteiger partial charge in [-0.2, -0.15) is 0 Å². The highest BCUT2D eigenvalue weighted by molar-refractivity contribution is 6.31. The van der Waals surface area contributed by atoms with Gasteiger partial charge in [-0.1, -0.05) is 43.6 Å². The van der Waals surface area contributed by atoms with Crippen molar-refractivity contribution in [2.75, 3.05) is 6.54 Å². The van der Waals surface area contributed by atoms with Crippen LogP contribution in [0.4, 0.5) is 0 Å². The van der Waals surface area contributed by atoms with Gasteiger partial charge < -0.3 is 11.1 Å². The zero-order chi connectivity index (χ0) is 13.8. The summed E-state index contributed by atoms with van der Waals surface area (Å²) in [6.45, 7) is 6.47. The molecule has 0 spiro atoms. The second kappa shape index (κ2) is 6.21. The van der Waals surface area contributed by atoms with Crippen molar-refractivity contribution in [2.45, 2.75) is 38.6 Å². The topological polar surface area (TPSA) is 55.1 Å². The number of carbonyl (C=O) groups is 1. The monoisotopic (exact) mass is 268 g/mol. The summed E-state index contributed by atoms with van der Waals surface area (Å²) in [5.74, 6) is -0.0230. The number of nitrogens with two attached hydrogens (primary N) is 1. The summed E-state index contributed by atoms with van der Waals surface area (Å²) in [6.07, 6.45) is 0.346. The summed E-state index contributed by atoms with van der Waals surface area (Å²) >= 11 is 6.18. The lowest BCUT2D eigenvalue weighted by Crippen LogP contribution is -2.38. The Kier molecular flexibility index (Phi) is 5.17. The van der Waals surface area contributed by atoms with Gasteiger partial charge in [0.15, 0.2) is 0 Å². The molecule has 1 unspecified atom stereocenters. The molecule has 0 aromatic heterocycles. The molecular weight excluding hydrogens is 248 g/mol. The van der Waals surface area contributed by atoms with Gasteiger partial charge in [0.05, 0.1) is 0 Å². The molecule has 1 aromatic carbocycles. The Morgan fingerprint density at radius 1 is 1.44 bits per heavy atom. The summed E-state index contributed by atoms with van der Waals surface area (Å²) < 4.78 is 0. The second-order valence-electron chi connectivity index (χ2n) is 5.32. The first kappa shape index (κ1) is 15.0. The molecule has 3 nitrogen and oxygen atoms in total. The van der Waals surface area contributed by atoms with E-state index in [0.29, 0.717) is 13.0 Å². The highest BCUT2D eigenvalue weighted by Gasteiger charge is 2.23. The lowest BCUT2D eigenvalue weighted by atomic mass is 9.84. The third kappa shape index (κ3) is 4.31. The van der Waals surface area contributed by atoms with Crippen molar-refractivity contribution in [2.24, 2.45) is 5.73 Å². The number of hydrogen-bond donors (Lipinski definition) is 2. The molecule has 0 heterocycles. The third-order valence-corrected chi connectivity index (χ3v) is 3.17. The number of halogens is 1. The summed E-state index contributed by atoms with van der Waals surface area (Å²) in [5.41, 5.74) is 6.42. The molecule has 1 amide bonds. The smallest absolute Gasteiger partial charge is 0.221 e. The fraction of sp³-hybridized carbons (Fsp3) is 0.500. The lowest BCUT2D eigenvalue weighted by molar-refractivity contribution is -0.121. The summed E-state index contributed by atoms with van der Waals surface area (Å²) in [7, 11) is 0. The van der Waals surface area contributed by atoms with Gasteiger partial charge in [-0.05, 0) is 18.6 Å². The Bertz CT molecular complexity index is 416. The Hall–Kier alpha value is -1.06. The van der Waals surface area contributed by atoms with Gasteiger partial charge in [0.1, 0.15) is 0 Å². The van der Waals surface area contributed by atoms with Crippen molar-refractivity contribution >= 4 is 17.5 Å². The average molecular weight is 269 g/mol. The zero-order valence-electron chi connectivity index (χ0n) is 11.2. The van der Waals surface area contributed by atoms with Gasteiger partial charge in [0, 0.05) is 29.4 Å². The molecule has 0 radical (unpaired) electrons. The first-order chi connectivity index (χ1) is 8.33. The fourth-order valence-corrected chi connectivity index (χ4v) is 2.18. The van der Waals surface area contributed by atoms with E-state index in [1.54, 1.807) is 0 Å². The van der Waals surface area contributed by atoms with Crippen molar-refractivity contribution in [3.05, 3.63) is 34.9 Å². The van der Waals surface area contributed by atoms with E-state index < -0.39 is 0 Å². The van der Waals surface area contributed by atoms with Crippen molar-refractivity contribution in [1.82, 2.24) is 5.32 Å². The summed E-state index contributed by atoms with van der Waals surface area (Å²) in [6, 6.07) is 7.58. The minimum absolute atomic E-state index is 0.0230. The minimum Gasteiger partial charge on any atom is -0.355 e. The normalized spacial score (nSPS) is 13.2. The van der Waals surface area contributed by atoms with Crippen LogP contribution in [0, 0.1) is 0 Å². The predicted molar refractivity (Wildman–Crippen MR) is 75.8 cm³/mol. The van der Waals surface area contributed by atoms with E-state index in [1.807, 2.05) is 31.2 Å². The molecule has 0 saturated heterocycles. The zero-order valence-corrected chi connectivity index (χ0v) is 11.9.